The SMILES string of the molecule is CC1=C2c3cc(C)oc3C1[Si]2(C)C.CCCc1ccc(-c2cccc3c2C=C(C)[CH]3[Zr+2])cc1.[Cl-].[Cl-]. The van der Waals surface area contributed by atoms with Gasteiger partial charge in [-0.3, -0.25) is 0 Å². The van der Waals surface area contributed by atoms with Crippen LogP contribution in [0, 0.1) is 6.92 Å². The fraction of sp³-hybridized carbons (Fsp3) is 0.333. The Kier molecular flexibility index (Phi) is 8.70. The van der Waals surface area contributed by atoms with Crippen LogP contribution in [-0.4, -0.2) is 8.07 Å². The number of halogens is 2. The number of hydrogen-bond donors (Lipinski definition) is 0. The number of furan rings is 1. The molecule has 2 bridgehead atoms. The molecule has 3 aromatic rings. The van der Waals surface area contributed by atoms with Crippen molar-refractivity contribution in [1.29, 1.82) is 0 Å². The van der Waals surface area contributed by atoms with Gasteiger partial charge in [-0.15, -0.1) is 0 Å². The molecule has 0 fully saturated rings. The number of aryl methyl sites for hydroxylation is 2. The van der Waals surface area contributed by atoms with Crippen LogP contribution < -0.4 is 24.8 Å². The second-order valence-corrected chi connectivity index (χ2v) is 16.4. The molecule has 2 unspecified atom stereocenters. The van der Waals surface area contributed by atoms with Crippen molar-refractivity contribution in [1.82, 2.24) is 0 Å². The Hall–Kier alpha value is -1.12. The number of benzene rings is 2. The van der Waals surface area contributed by atoms with Crippen LogP contribution >= 0.6 is 0 Å². The van der Waals surface area contributed by atoms with Gasteiger partial charge in [0, 0.05) is 11.1 Å². The molecule has 0 N–H and O–H groups in total. The van der Waals surface area contributed by atoms with Gasteiger partial charge in [0.2, 0.25) is 0 Å². The first-order chi connectivity index (χ1) is 15.7. The maximum absolute atomic E-state index is 5.78. The van der Waals surface area contributed by atoms with Crippen molar-refractivity contribution in [2.24, 2.45) is 0 Å². The van der Waals surface area contributed by atoms with Gasteiger partial charge in [-0.1, -0.05) is 18.7 Å². The number of hydrogen-bond acceptors (Lipinski definition) is 1. The van der Waals surface area contributed by atoms with E-state index in [0.717, 1.165) is 5.76 Å². The van der Waals surface area contributed by atoms with Crippen LogP contribution in [-0.2, 0) is 31.1 Å². The van der Waals surface area contributed by atoms with Gasteiger partial charge in [0.05, 0.1) is 8.07 Å². The molecule has 3 heterocycles. The molecule has 0 amide bonds. The number of rotatable bonds is 3. The van der Waals surface area contributed by atoms with Gasteiger partial charge in [-0.05, 0) is 25.1 Å². The van der Waals surface area contributed by atoms with E-state index in [9.17, 15) is 0 Å². The molecular formula is C30H33Cl2OSiZr. The standard InChI is InChI=1S/C19H19.C11H14OSi.2ClH.Zr/c1-3-5-15-8-10-16(11-9-15)18-7-4-6-17-12-14(2)13-19(17)18;1-6-5-8-9(12-6)11-7(2)10(8)13(11,3)4;;;/h4,6-13H,3,5H2,1-2H3;5,11H,1-4H3;2*1H;/q;;;;+2/p-2. The van der Waals surface area contributed by atoms with Crippen LogP contribution in [0.1, 0.15) is 70.1 Å². The Balaban J connectivity index is 0.000000199. The maximum atomic E-state index is 5.78. The third kappa shape index (κ3) is 4.68. The molecule has 1 nitrogen and oxygen atoms in total. The quantitative estimate of drug-likeness (QED) is 0.422. The molecule has 181 valence electrons. The Morgan fingerprint density at radius 3 is 2.23 bits per heavy atom. The first-order valence-electron chi connectivity index (χ1n) is 12.2. The maximum Gasteiger partial charge on any atom is -1.00 e. The predicted octanol–water partition coefficient (Wildman–Crippen LogP) is 2.58. The predicted molar refractivity (Wildman–Crippen MR) is 139 cm³/mol. The largest absolute Gasteiger partial charge is 1.00 e. The van der Waals surface area contributed by atoms with Gasteiger partial charge in [0.1, 0.15) is 11.5 Å². The van der Waals surface area contributed by atoms with Gasteiger partial charge >= 0.3 is 137 Å². The molecule has 2 aliphatic carbocycles. The summed E-state index contributed by atoms with van der Waals surface area (Å²) >= 11 is 1.59. The van der Waals surface area contributed by atoms with E-state index >= 15 is 0 Å². The summed E-state index contributed by atoms with van der Waals surface area (Å²) in [5.74, 6) is 2.35. The molecule has 1 aromatic heterocycles. The Labute approximate surface area is 239 Å². The van der Waals surface area contributed by atoms with Gasteiger partial charge in [-0.25, -0.2) is 0 Å². The topological polar surface area (TPSA) is 13.1 Å². The van der Waals surface area contributed by atoms with E-state index in [2.05, 4.69) is 88.5 Å². The average molecular weight is 600 g/mol. The zero-order chi connectivity index (χ0) is 23.5. The van der Waals surface area contributed by atoms with Gasteiger partial charge in [0.25, 0.3) is 0 Å². The Morgan fingerprint density at radius 1 is 0.943 bits per heavy atom. The molecule has 0 saturated heterocycles. The van der Waals surface area contributed by atoms with Gasteiger partial charge in [-0.2, -0.15) is 0 Å². The van der Waals surface area contributed by atoms with E-state index in [-0.39, 0.29) is 24.8 Å². The molecule has 4 aliphatic rings. The monoisotopic (exact) mass is 597 g/mol. The minimum Gasteiger partial charge on any atom is -1.00 e. The van der Waals surface area contributed by atoms with Crippen molar-refractivity contribution < 1.29 is 54.0 Å². The molecule has 2 aliphatic heterocycles. The van der Waals surface area contributed by atoms with Crippen LogP contribution in [0.2, 0.25) is 13.1 Å². The van der Waals surface area contributed by atoms with E-state index in [1.54, 1.807) is 35.5 Å². The molecule has 5 heteroatoms. The summed E-state index contributed by atoms with van der Waals surface area (Å²) < 4.78 is 6.43. The summed E-state index contributed by atoms with van der Waals surface area (Å²) in [5, 5.41) is 1.67. The molecule has 35 heavy (non-hydrogen) atoms. The fourth-order valence-corrected chi connectivity index (χ4v) is 11.3. The van der Waals surface area contributed by atoms with Crippen molar-refractivity contribution >= 4 is 19.3 Å². The summed E-state index contributed by atoms with van der Waals surface area (Å²) in [6, 6.07) is 18.1. The Morgan fingerprint density at radius 2 is 1.63 bits per heavy atom. The first kappa shape index (κ1) is 28.5. The second-order valence-electron chi connectivity index (χ2n) is 10.4. The zero-order valence-electron chi connectivity index (χ0n) is 21.4. The van der Waals surface area contributed by atoms with E-state index in [0.29, 0.717) is 9.17 Å². The summed E-state index contributed by atoms with van der Waals surface area (Å²) in [6.07, 6.45) is 4.76. The minimum atomic E-state index is -1.10. The van der Waals surface area contributed by atoms with Crippen molar-refractivity contribution in [3.8, 4) is 11.1 Å². The Bertz CT molecular complexity index is 1300. The summed E-state index contributed by atoms with van der Waals surface area (Å²) in [4.78, 5) is 0. The van der Waals surface area contributed by atoms with Gasteiger partial charge in [0.15, 0.2) is 0 Å². The average Bonchev–Trinajstić information content (AvgIpc) is 3.43. The van der Waals surface area contributed by atoms with Crippen molar-refractivity contribution in [3.63, 3.8) is 0 Å². The molecular weight excluding hydrogens is 567 g/mol. The first-order valence-corrected chi connectivity index (χ1v) is 16.7. The van der Waals surface area contributed by atoms with Crippen LogP contribution in [0.25, 0.3) is 22.4 Å². The summed E-state index contributed by atoms with van der Waals surface area (Å²) in [7, 11) is -1.10. The van der Waals surface area contributed by atoms with Gasteiger partial charge < -0.3 is 29.2 Å². The molecule has 0 spiro atoms. The third-order valence-corrected chi connectivity index (χ3v) is 13.7. The van der Waals surface area contributed by atoms with E-state index in [4.69, 9.17) is 4.42 Å². The number of fused-ring (bicyclic) bond motifs is 1. The van der Waals surface area contributed by atoms with Crippen LogP contribution in [0.3, 0.4) is 0 Å². The van der Waals surface area contributed by atoms with E-state index < -0.39 is 8.07 Å². The fourth-order valence-electron chi connectivity index (χ4n) is 6.23. The summed E-state index contributed by atoms with van der Waals surface area (Å²) in [6.45, 7) is 13.7. The molecule has 0 radical (unpaired) electrons. The molecule has 2 atom stereocenters. The zero-order valence-corrected chi connectivity index (χ0v) is 26.4. The van der Waals surface area contributed by atoms with E-state index in [1.807, 2.05) is 6.92 Å². The molecule has 0 saturated carbocycles. The van der Waals surface area contributed by atoms with Crippen molar-refractivity contribution in [2.75, 3.05) is 0 Å². The molecule has 2 aromatic carbocycles. The summed E-state index contributed by atoms with van der Waals surface area (Å²) in [5.41, 5.74) is 12.4. The molecule has 7 rings (SSSR count). The van der Waals surface area contributed by atoms with Crippen molar-refractivity contribution in [3.05, 3.63) is 93.5 Å². The third-order valence-electron chi connectivity index (χ3n) is 7.69. The minimum absolute atomic E-state index is 0. The van der Waals surface area contributed by atoms with Crippen LogP contribution in [0.5, 0.6) is 0 Å². The van der Waals surface area contributed by atoms with Crippen molar-refractivity contribution in [2.45, 2.75) is 62.8 Å². The smallest absolute Gasteiger partial charge is 1.00 e. The van der Waals surface area contributed by atoms with Crippen LogP contribution in [0.4, 0.5) is 0 Å². The second kappa shape index (κ2) is 10.7. The van der Waals surface area contributed by atoms with E-state index in [1.165, 1.54) is 57.6 Å². The normalized spacial score (nSPS) is 19.9. The number of allylic oxidation sites excluding steroid dienone is 2. The van der Waals surface area contributed by atoms with Crippen LogP contribution in [0.15, 0.2) is 64.1 Å².